The number of halogens is 1. The SMILES string of the molecule is COc1cc(C=NNC(=O)C(=O)Nc2ccccc2C(=O)Nc2ccc(Br)cc2)ccc1O. The van der Waals surface area contributed by atoms with Gasteiger partial charge in [-0.15, -0.1) is 0 Å². The maximum Gasteiger partial charge on any atom is 0.329 e. The third-order valence-corrected chi connectivity index (χ3v) is 4.84. The van der Waals surface area contributed by atoms with Crippen LogP contribution in [0.3, 0.4) is 0 Å². The van der Waals surface area contributed by atoms with Gasteiger partial charge in [0.05, 0.1) is 24.6 Å². The summed E-state index contributed by atoms with van der Waals surface area (Å²) in [5.41, 5.74) is 3.55. The third kappa shape index (κ3) is 6.40. The van der Waals surface area contributed by atoms with E-state index in [-0.39, 0.29) is 22.7 Å². The van der Waals surface area contributed by atoms with Gasteiger partial charge in [0.15, 0.2) is 11.5 Å². The summed E-state index contributed by atoms with van der Waals surface area (Å²) in [6.07, 6.45) is 1.28. The molecule has 0 saturated carbocycles. The van der Waals surface area contributed by atoms with Crippen LogP contribution in [0.5, 0.6) is 11.5 Å². The predicted molar refractivity (Wildman–Crippen MR) is 128 cm³/mol. The summed E-state index contributed by atoms with van der Waals surface area (Å²) in [5.74, 6) is -2.28. The van der Waals surface area contributed by atoms with Crippen molar-refractivity contribution in [3.63, 3.8) is 0 Å². The predicted octanol–water partition coefficient (Wildman–Crippen LogP) is 3.50. The number of methoxy groups -OCH3 is 1. The smallest absolute Gasteiger partial charge is 0.329 e. The van der Waals surface area contributed by atoms with Crippen molar-refractivity contribution in [1.82, 2.24) is 5.43 Å². The lowest BCUT2D eigenvalue weighted by molar-refractivity contribution is -0.136. The molecule has 0 unspecified atom stereocenters. The van der Waals surface area contributed by atoms with Crippen LogP contribution in [0.1, 0.15) is 15.9 Å². The molecule has 33 heavy (non-hydrogen) atoms. The first-order valence-electron chi connectivity index (χ1n) is 9.54. The first-order chi connectivity index (χ1) is 15.9. The van der Waals surface area contributed by atoms with E-state index < -0.39 is 17.7 Å². The number of carbonyl (C=O) groups is 3. The first-order valence-corrected chi connectivity index (χ1v) is 10.3. The highest BCUT2D eigenvalue weighted by Gasteiger charge is 2.17. The summed E-state index contributed by atoms with van der Waals surface area (Å²) in [7, 11) is 1.40. The number of carbonyl (C=O) groups excluding carboxylic acids is 3. The number of hydrogen-bond donors (Lipinski definition) is 4. The molecule has 0 aliphatic rings. The minimum absolute atomic E-state index is 0.0408. The summed E-state index contributed by atoms with van der Waals surface area (Å²) in [4.78, 5) is 37.0. The van der Waals surface area contributed by atoms with Crippen molar-refractivity contribution < 1.29 is 24.2 Å². The van der Waals surface area contributed by atoms with Crippen LogP contribution in [0.15, 0.2) is 76.3 Å². The highest BCUT2D eigenvalue weighted by molar-refractivity contribution is 9.10. The number of aromatic hydroxyl groups is 1. The van der Waals surface area contributed by atoms with E-state index in [1.54, 1.807) is 42.5 Å². The lowest BCUT2D eigenvalue weighted by Gasteiger charge is -2.11. The maximum absolute atomic E-state index is 12.7. The third-order valence-electron chi connectivity index (χ3n) is 4.31. The molecule has 0 bridgehead atoms. The molecular formula is C23H19BrN4O5. The van der Waals surface area contributed by atoms with Crippen molar-refractivity contribution in [3.05, 3.63) is 82.3 Å². The van der Waals surface area contributed by atoms with Crippen molar-refractivity contribution in [2.45, 2.75) is 0 Å². The standard InChI is InChI=1S/C23H19BrN4O5/c1-33-20-12-14(6-11-19(20)29)13-25-28-23(32)22(31)27-18-5-3-2-4-17(18)21(30)26-16-9-7-15(24)8-10-16/h2-13,29H,1H3,(H,26,30)(H,27,31)(H,28,32). The number of nitrogens with zero attached hydrogens (tertiary/aromatic N) is 1. The Morgan fingerprint density at radius 2 is 1.70 bits per heavy atom. The fourth-order valence-electron chi connectivity index (χ4n) is 2.69. The first kappa shape index (κ1) is 23.5. The molecule has 0 aliphatic carbocycles. The maximum atomic E-state index is 12.7. The molecule has 9 nitrogen and oxygen atoms in total. The summed E-state index contributed by atoms with van der Waals surface area (Å²) < 4.78 is 5.86. The zero-order chi connectivity index (χ0) is 23.8. The van der Waals surface area contributed by atoms with E-state index >= 15 is 0 Å². The molecule has 0 fully saturated rings. The van der Waals surface area contributed by atoms with Crippen LogP contribution < -0.4 is 20.8 Å². The average Bonchev–Trinajstić information content (AvgIpc) is 2.81. The summed E-state index contributed by atoms with van der Waals surface area (Å²) in [6, 6.07) is 17.8. The van der Waals surface area contributed by atoms with E-state index in [0.717, 1.165) is 4.47 Å². The van der Waals surface area contributed by atoms with E-state index in [0.29, 0.717) is 11.3 Å². The molecule has 0 atom stereocenters. The van der Waals surface area contributed by atoms with Gasteiger partial charge in [-0.3, -0.25) is 14.4 Å². The molecule has 0 radical (unpaired) electrons. The molecule has 4 N–H and O–H groups in total. The molecule has 0 spiro atoms. The molecule has 3 aromatic carbocycles. The van der Waals surface area contributed by atoms with Crippen molar-refractivity contribution in [3.8, 4) is 11.5 Å². The normalized spacial score (nSPS) is 10.5. The zero-order valence-corrected chi connectivity index (χ0v) is 18.9. The van der Waals surface area contributed by atoms with Crippen molar-refractivity contribution in [2.75, 3.05) is 17.7 Å². The fourth-order valence-corrected chi connectivity index (χ4v) is 2.96. The molecule has 3 rings (SSSR count). The number of anilines is 2. The minimum Gasteiger partial charge on any atom is -0.504 e. The number of phenolic OH excluding ortho intramolecular Hbond substituents is 1. The second-order valence-electron chi connectivity index (χ2n) is 6.59. The molecule has 0 heterocycles. The molecule has 3 aromatic rings. The molecule has 0 aliphatic heterocycles. The Morgan fingerprint density at radius 1 is 0.970 bits per heavy atom. The van der Waals surface area contributed by atoms with Crippen LogP contribution in [-0.2, 0) is 9.59 Å². The lowest BCUT2D eigenvalue weighted by atomic mass is 10.1. The Hall–Kier alpha value is -4.18. The van der Waals surface area contributed by atoms with Crippen LogP contribution in [-0.4, -0.2) is 36.2 Å². The number of phenols is 1. The topological polar surface area (TPSA) is 129 Å². The molecule has 0 aromatic heterocycles. The van der Waals surface area contributed by atoms with Gasteiger partial charge < -0.3 is 20.5 Å². The number of hydrogen-bond acceptors (Lipinski definition) is 6. The van der Waals surface area contributed by atoms with Gasteiger partial charge in [-0.25, -0.2) is 5.43 Å². The van der Waals surface area contributed by atoms with E-state index in [4.69, 9.17) is 4.74 Å². The number of nitrogens with one attached hydrogen (secondary N) is 3. The van der Waals surface area contributed by atoms with Gasteiger partial charge in [0.1, 0.15) is 0 Å². The van der Waals surface area contributed by atoms with Crippen LogP contribution in [0.4, 0.5) is 11.4 Å². The fraction of sp³-hybridized carbons (Fsp3) is 0.0435. The molecule has 168 valence electrons. The Morgan fingerprint density at radius 3 is 2.42 bits per heavy atom. The summed E-state index contributed by atoms with van der Waals surface area (Å²) in [6.45, 7) is 0. The quantitative estimate of drug-likeness (QED) is 0.229. The highest BCUT2D eigenvalue weighted by atomic mass is 79.9. The number of hydrazone groups is 1. The van der Waals surface area contributed by atoms with Gasteiger partial charge in [0.2, 0.25) is 0 Å². The largest absolute Gasteiger partial charge is 0.504 e. The summed E-state index contributed by atoms with van der Waals surface area (Å²) in [5, 5.41) is 18.5. The summed E-state index contributed by atoms with van der Waals surface area (Å²) >= 11 is 3.33. The Balaban J connectivity index is 1.63. The van der Waals surface area contributed by atoms with Gasteiger partial charge in [0.25, 0.3) is 5.91 Å². The lowest BCUT2D eigenvalue weighted by Crippen LogP contribution is -2.33. The number of amides is 3. The van der Waals surface area contributed by atoms with Crippen molar-refractivity contribution in [2.24, 2.45) is 5.10 Å². The van der Waals surface area contributed by atoms with Crippen LogP contribution in [0, 0.1) is 0 Å². The van der Waals surface area contributed by atoms with Crippen LogP contribution in [0.2, 0.25) is 0 Å². The van der Waals surface area contributed by atoms with Gasteiger partial charge in [-0.05, 0) is 60.2 Å². The molecule has 3 amide bonds. The molecule has 10 heteroatoms. The number of para-hydroxylation sites is 1. The monoisotopic (exact) mass is 510 g/mol. The second kappa shape index (κ2) is 10.9. The Kier molecular flexibility index (Phi) is 7.77. The minimum atomic E-state index is -1.03. The number of rotatable bonds is 6. The second-order valence-corrected chi connectivity index (χ2v) is 7.51. The Bertz CT molecular complexity index is 1210. The van der Waals surface area contributed by atoms with E-state index in [2.05, 4.69) is 37.1 Å². The molecular weight excluding hydrogens is 492 g/mol. The van der Waals surface area contributed by atoms with Crippen molar-refractivity contribution >= 4 is 51.2 Å². The molecule has 0 saturated heterocycles. The van der Waals surface area contributed by atoms with E-state index in [1.165, 1.54) is 37.6 Å². The van der Waals surface area contributed by atoms with Gasteiger partial charge >= 0.3 is 11.8 Å². The van der Waals surface area contributed by atoms with E-state index in [9.17, 15) is 19.5 Å². The number of ether oxygens (including phenoxy) is 1. The van der Waals surface area contributed by atoms with Crippen molar-refractivity contribution in [1.29, 1.82) is 0 Å². The Labute approximate surface area is 197 Å². The van der Waals surface area contributed by atoms with Gasteiger partial charge in [-0.1, -0.05) is 28.1 Å². The average molecular weight is 511 g/mol. The van der Waals surface area contributed by atoms with Gasteiger partial charge in [0, 0.05) is 10.2 Å². The van der Waals surface area contributed by atoms with E-state index in [1.807, 2.05) is 0 Å². The van der Waals surface area contributed by atoms with Crippen LogP contribution in [0.25, 0.3) is 0 Å². The number of benzene rings is 3. The zero-order valence-electron chi connectivity index (χ0n) is 17.3. The van der Waals surface area contributed by atoms with Gasteiger partial charge in [-0.2, -0.15) is 5.10 Å². The highest BCUT2D eigenvalue weighted by Crippen LogP contribution is 2.25. The van der Waals surface area contributed by atoms with Crippen LogP contribution >= 0.6 is 15.9 Å².